The Labute approximate surface area is 56.7 Å². The molecular weight excluding hydrogens is 110 g/mol. The summed E-state index contributed by atoms with van der Waals surface area (Å²) in [4.78, 5) is 0. The quantitative estimate of drug-likeness (QED) is 0.525. The van der Waals surface area contributed by atoms with Crippen LogP contribution < -0.4 is 0 Å². The Balaban J connectivity index is 2.17. The molecule has 9 heavy (non-hydrogen) atoms. The molecule has 0 radical (unpaired) electrons. The lowest BCUT2D eigenvalue weighted by Gasteiger charge is -2.17. The van der Waals surface area contributed by atoms with E-state index in [4.69, 9.17) is 5.26 Å². The third-order valence-electron chi connectivity index (χ3n) is 2.10. The second-order valence-corrected chi connectivity index (χ2v) is 2.87. The normalized spacial score (nSPS) is 21.2. The highest BCUT2D eigenvalue weighted by Crippen LogP contribution is 2.25. The topological polar surface area (TPSA) is 23.8 Å². The number of nitriles is 1. The largest absolute Gasteiger partial charge is 0.198 e. The van der Waals surface area contributed by atoms with E-state index in [-0.39, 0.29) is 0 Å². The molecule has 1 heteroatoms. The minimum Gasteiger partial charge on any atom is -0.198 e. The molecule has 0 amide bonds. The molecule has 1 saturated carbocycles. The van der Waals surface area contributed by atoms with Crippen molar-refractivity contribution in [1.82, 2.24) is 0 Å². The molecule has 0 bridgehead atoms. The van der Waals surface area contributed by atoms with E-state index in [1.165, 1.54) is 32.1 Å². The maximum Gasteiger partial charge on any atom is 0.0624 e. The summed E-state index contributed by atoms with van der Waals surface area (Å²) in [6.07, 6.45) is 7.49. The first kappa shape index (κ1) is 6.61. The van der Waals surface area contributed by atoms with E-state index in [0.717, 1.165) is 12.3 Å². The van der Waals surface area contributed by atoms with Gasteiger partial charge in [0.2, 0.25) is 0 Å². The van der Waals surface area contributed by atoms with Crippen LogP contribution in [0.2, 0.25) is 0 Å². The van der Waals surface area contributed by atoms with Gasteiger partial charge in [0.25, 0.3) is 0 Å². The molecular formula is C8H13N. The highest BCUT2D eigenvalue weighted by atomic mass is 14.3. The molecule has 0 heterocycles. The number of rotatable bonds is 1. The van der Waals surface area contributed by atoms with Gasteiger partial charge in [-0.05, 0) is 18.8 Å². The Morgan fingerprint density at radius 2 is 1.89 bits per heavy atom. The molecule has 1 fully saturated rings. The van der Waals surface area contributed by atoms with Crippen LogP contribution in [-0.2, 0) is 0 Å². The van der Waals surface area contributed by atoms with Gasteiger partial charge in [-0.3, -0.25) is 0 Å². The second-order valence-electron chi connectivity index (χ2n) is 2.87. The fourth-order valence-electron chi connectivity index (χ4n) is 1.52. The van der Waals surface area contributed by atoms with Gasteiger partial charge in [-0.2, -0.15) is 5.26 Å². The molecule has 0 aliphatic heterocycles. The monoisotopic (exact) mass is 123 g/mol. The molecule has 1 nitrogen and oxygen atoms in total. The molecule has 0 saturated heterocycles. The molecule has 0 spiro atoms. The van der Waals surface area contributed by atoms with Crippen molar-refractivity contribution >= 4 is 0 Å². The molecule has 1 aliphatic rings. The summed E-state index contributed by atoms with van der Waals surface area (Å²) >= 11 is 0. The highest BCUT2D eigenvalue weighted by molar-refractivity contribution is 4.77. The van der Waals surface area contributed by atoms with Gasteiger partial charge >= 0.3 is 0 Å². The average molecular weight is 123 g/mol. The Morgan fingerprint density at radius 1 is 1.22 bits per heavy atom. The summed E-state index contributed by atoms with van der Waals surface area (Å²) in [6.45, 7) is 0. The van der Waals surface area contributed by atoms with E-state index in [9.17, 15) is 0 Å². The molecule has 0 atom stereocenters. The molecule has 0 aromatic carbocycles. The van der Waals surface area contributed by atoms with Gasteiger partial charge in [0, 0.05) is 6.42 Å². The number of nitrogens with zero attached hydrogens (tertiary/aromatic N) is 1. The SMILES string of the molecule is N#CCC1CCCCC1. The summed E-state index contributed by atoms with van der Waals surface area (Å²) in [7, 11) is 0. The molecule has 0 aromatic rings. The van der Waals surface area contributed by atoms with Crippen LogP contribution in [0.1, 0.15) is 38.5 Å². The van der Waals surface area contributed by atoms with Crippen LogP contribution in [-0.4, -0.2) is 0 Å². The van der Waals surface area contributed by atoms with E-state index in [2.05, 4.69) is 6.07 Å². The lowest BCUT2D eigenvalue weighted by atomic mass is 9.87. The standard InChI is InChI=1S/C8H13N/c9-7-6-8-4-2-1-3-5-8/h8H,1-6H2. The maximum absolute atomic E-state index is 8.37. The summed E-state index contributed by atoms with van der Waals surface area (Å²) in [5.41, 5.74) is 0. The summed E-state index contributed by atoms with van der Waals surface area (Å²) in [5, 5.41) is 8.37. The number of hydrogen-bond donors (Lipinski definition) is 0. The third-order valence-corrected chi connectivity index (χ3v) is 2.10. The lowest BCUT2D eigenvalue weighted by molar-refractivity contribution is 0.364. The Hall–Kier alpha value is -0.510. The van der Waals surface area contributed by atoms with Gasteiger partial charge in [0.1, 0.15) is 0 Å². The first-order valence-corrected chi connectivity index (χ1v) is 3.80. The lowest BCUT2D eigenvalue weighted by Crippen LogP contribution is -2.04. The van der Waals surface area contributed by atoms with Gasteiger partial charge in [-0.1, -0.05) is 19.3 Å². The van der Waals surface area contributed by atoms with Crippen molar-refractivity contribution in [2.45, 2.75) is 38.5 Å². The summed E-state index contributed by atoms with van der Waals surface area (Å²) in [5.74, 6) is 0.740. The third kappa shape index (κ3) is 2.05. The van der Waals surface area contributed by atoms with Crippen molar-refractivity contribution < 1.29 is 0 Å². The van der Waals surface area contributed by atoms with Crippen LogP contribution in [0, 0.1) is 17.2 Å². The highest BCUT2D eigenvalue weighted by Gasteiger charge is 2.11. The fraction of sp³-hybridized carbons (Fsp3) is 0.875. The maximum atomic E-state index is 8.37. The van der Waals surface area contributed by atoms with Crippen LogP contribution in [0.3, 0.4) is 0 Å². The van der Waals surface area contributed by atoms with E-state index in [1.807, 2.05) is 0 Å². The van der Waals surface area contributed by atoms with Crippen molar-refractivity contribution in [2.75, 3.05) is 0 Å². The smallest absolute Gasteiger partial charge is 0.0624 e. The van der Waals surface area contributed by atoms with E-state index in [0.29, 0.717) is 0 Å². The molecule has 50 valence electrons. The Kier molecular flexibility index (Phi) is 2.57. The van der Waals surface area contributed by atoms with Gasteiger partial charge in [0.05, 0.1) is 6.07 Å². The molecule has 0 N–H and O–H groups in total. The van der Waals surface area contributed by atoms with Gasteiger partial charge in [-0.15, -0.1) is 0 Å². The van der Waals surface area contributed by atoms with Gasteiger partial charge in [-0.25, -0.2) is 0 Å². The van der Waals surface area contributed by atoms with E-state index >= 15 is 0 Å². The van der Waals surface area contributed by atoms with Crippen LogP contribution in [0.4, 0.5) is 0 Å². The van der Waals surface area contributed by atoms with Crippen molar-refractivity contribution in [1.29, 1.82) is 5.26 Å². The molecule has 1 rings (SSSR count). The van der Waals surface area contributed by atoms with Gasteiger partial charge in [0.15, 0.2) is 0 Å². The Morgan fingerprint density at radius 3 is 2.44 bits per heavy atom. The van der Waals surface area contributed by atoms with Crippen LogP contribution in [0.25, 0.3) is 0 Å². The van der Waals surface area contributed by atoms with Gasteiger partial charge < -0.3 is 0 Å². The average Bonchev–Trinajstić information content (AvgIpc) is 1.91. The minimum atomic E-state index is 0.740. The zero-order valence-electron chi connectivity index (χ0n) is 5.77. The predicted molar refractivity (Wildman–Crippen MR) is 36.8 cm³/mol. The van der Waals surface area contributed by atoms with Crippen LogP contribution in [0.5, 0.6) is 0 Å². The molecule has 0 unspecified atom stereocenters. The van der Waals surface area contributed by atoms with Crippen LogP contribution >= 0.6 is 0 Å². The van der Waals surface area contributed by atoms with Crippen LogP contribution in [0.15, 0.2) is 0 Å². The van der Waals surface area contributed by atoms with E-state index < -0.39 is 0 Å². The Bertz CT molecular complexity index is 106. The number of hydrogen-bond acceptors (Lipinski definition) is 1. The fourth-order valence-corrected chi connectivity index (χ4v) is 1.52. The first-order chi connectivity index (χ1) is 4.43. The van der Waals surface area contributed by atoms with Crippen molar-refractivity contribution in [3.63, 3.8) is 0 Å². The first-order valence-electron chi connectivity index (χ1n) is 3.80. The van der Waals surface area contributed by atoms with Crippen molar-refractivity contribution in [2.24, 2.45) is 5.92 Å². The van der Waals surface area contributed by atoms with E-state index in [1.54, 1.807) is 0 Å². The predicted octanol–water partition coefficient (Wildman–Crippen LogP) is 2.48. The summed E-state index contributed by atoms with van der Waals surface area (Å²) < 4.78 is 0. The molecule has 0 aromatic heterocycles. The summed E-state index contributed by atoms with van der Waals surface area (Å²) in [6, 6.07) is 2.24. The minimum absolute atomic E-state index is 0.740. The second kappa shape index (κ2) is 3.50. The zero-order valence-corrected chi connectivity index (χ0v) is 5.77. The zero-order chi connectivity index (χ0) is 6.53. The molecule has 1 aliphatic carbocycles. The van der Waals surface area contributed by atoms with Crippen molar-refractivity contribution in [3.05, 3.63) is 0 Å². The van der Waals surface area contributed by atoms with Crippen molar-refractivity contribution in [3.8, 4) is 6.07 Å².